The predicted octanol–water partition coefficient (Wildman–Crippen LogP) is 1.29. The van der Waals surface area contributed by atoms with Gasteiger partial charge in [-0.3, -0.25) is 20.2 Å². The highest BCUT2D eigenvalue weighted by atomic mass is 16.6. The Morgan fingerprint density at radius 1 is 0.829 bits per heavy atom. The van der Waals surface area contributed by atoms with Crippen molar-refractivity contribution in [3.05, 3.63) is 50.7 Å². The monoisotopic (exact) mass is 580 g/mol. The fraction of sp³-hybridized carbons (Fsp3) is 0.565. The molecule has 16 nitrogen and oxygen atoms in total. The van der Waals surface area contributed by atoms with E-state index in [1.807, 2.05) is 16.5 Å². The number of nitrogen functional groups attached to an aromatic ring is 2. The van der Waals surface area contributed by atoms with Crippen LogP contribution in [0.15, 0.2) is 30.5 Å². The Kier molecular flexibility index (Phi) is 18.8. The Hall–Kier alpha value is -3.57. The summed E-state index contributed by atoms with van der Waals surface area (Å²) < 4.78 is 0. The Balaban J connectivity index is 0. The number of hydrogen-bond acceptors (Lipinski definition) is 14. The Morgan fingerprint density at radius 2 is 1.32 bits per heavy atom. The van der Waals surface area contributed by atoms with Gasteiger partial charge in [-0.15, -0.1) is 0 Å². The second-order valence-corrected chi connectivity index (χ2v) is 8.57. The van der Waals surface area contributed by atoms with Crippen LogP contribution >= 0.6 is 0 Å². The van der Waals surface area contributed by atoms with E-state index in [0.29, 0.717) is 18.9 Å². The van der Waals surface area contributed by atoms with Crippen molar-refractivity contribution in [1.29, 1.82) is 0 Å². The van der Waals surface area contributed by atoms with Crippen molar-refractivity contribution in [2.45, 2.75) is 35.9 Å². The lowest BCUT2D eigenvalue weighted by Crippen LogP contribution is -2.51. The number of hydrogen-bond donors (Lipinski definition) is 5. The first kappa shape index (κ1) is 39.6. The number of aromatic nitrogens is 2. The second-order valence-electron chi connectivity index (χ2n) is 8.57. The minimum atomic E-state index is -0.567. The van der Waals surface area contributed by atoms with Gasteiger partial charge in [0.15, 0.2) is 0 Å². The topological polar surface area (TPSA) is 226 Å². The van der Waals surface area contributed by atoms with Gasteiger partial charge in [-0.05, 0) is 25.8 Å². The third-order valence-electron chi connectivity index (χ3n) is 5.94. The smallest absolute Gasteiger partial charge is 0.376 e. The lowest BCUT2D eigenvalue weighted by Gasteiger charge is -2.35. The van der Waals surface area contributed by atoms with Gasteiger partial charge in [0.2, 0.25) is 11.6 Å². The third kappa shape index (κ3) is 12.6. The van der Waals surface area contributed by atoms with Gasteiger partial charge in [0.1, 0.15) is 5.82 Å². The van der Waals surface area contributed by atoms with E-state index in [1.54, 1.807) is 12.9 Å². The number of anilines is 3. The number of piperazine rings is 2. The summed E-state index contributed by atoms with van der Waals surface area (Å²) in [5.41, 5.74) is 10.4. The molecule has 4 heterocycles. The summed E-state index contributed by atoms with van der Waals surface area (Å²) in [7, 11) is -0.732. The minimum Gasteiger partial charge on any atom is -0.437 e. The minimum absolute atomic E-state index is 0. The molecule has 0 bridgehead atoms. The van der Waals surface area contributed by atoms with Crippen LogP contribution in [0.25, 0.3) is 0 Å². The molecule has 0 aliphatic carbocycles. The maximum atomic E-state index is 10.7. The van der Waals surface area contributed by atoms with Crippen LogP contribution in [0, 0.1) is 20.2 Å². The molecule has 0 aromatic carbocycles. The fourth-order valence-electron chi connectivity index (χ4n) is 3.73. The molecule has 0 amide bonds. The summed E-state index contributed by atoms with van der Waals surface area (Å²) in [5.74, 6) is 0.515. The van der Waals surface area contributed by atoms with Crippen molar-refractivity contribution in [3.63, 3.8) is 0 Å². The van der Waals surface area contributed by atoms with Crippen LogP contribution < -0.4 is 21.7 Å². The first-order valence-electron chi connectivity index (χ1n) is 12.1. The van der Waals surface area contributed by atoms with Gasteiger partial charge in [0, 0.05) is 70.7 Å². The molecule has 0 unspecified atom stereocenters. The van der Waals surface area contributed by atoms with Crippen molar-refractivity contribution >= 4 is 42.9 Å². The molecule has 41 heavy (non-hydrogen) atoms. The molecule has 18 heteroatoms. The third-order valence-corrected chi connectivity index (χ3v) is 5.94. The van der Waals surface area contributed by atoms with E-state index < -0.39 is 16.9 Å². The quantitative estimate of drug-likeness (QED) is 0.191. The SMILES string of the molecule is C.C.C.CB(O)N1CCN(c2ccc([N+](=O)[O-])c(N)n2)CC1.CB(O)N1CCNCC1.Nc1ncccc1[N+](=O)[O-]. The van der Waals surface area contributed by atoms with Crippen LogP contribution in [0.1, 0.15) is 22.3 Å². The van der Waals surface area contributed by atoms with E-state index in [9.17, 15) is 25.3 Å². The summed E-state index contributed by atoms with van der Waals surface area (Å²) in [5, 5.41) is 42.5. The van der Waals surface area contributed by atoms with E-state index in [-0.39, 0.29) is 52.3 Å². The summed E-state index contributed by atoms with van der Waals surface area (Å²) >= 11 is 0. The van der Waals surface area contributed by atoms with Gasteiger partial charge in [-0.25, -0.2) is 9.97 Å². The zero-order valence-corrected chi connectivity index (χ0v) is 21.5. The van der Waals surface area contributed by atoms with Crippen LogP contribution in [0.2, 0.25) is 13.6 Å². The molecule has 4 rings (SSSR count). The lowest BCUT2D eigenvalue weighted by molar-refractivity contribution is -0.384. The number of nitro groups is 2. The maximum absolute atomic E-state index is 10.7. The maximum Gasteiger partial charge on any atom is 0.376 e. The second kappa shape index (κ2) is 19.5. The number of pyridine rings is 2. The van der Waals surface area contributed by atoms with Crippen LogP contribution in [0.5, 0.6) is 0 Å². The van der Waals surface area contributed by atoms with Crippen LogP contribution in [-0.2, 0) is 0 Å². The molecule has 0 saturated carbocycles. The fourth-order valence-corrected chi connectivity index (χ4v) is 3.73. The Morgan fingerprint density at radius 3 is 1.71 bits per heavy atom. The van der Waals surface area contributed by atoms with Crippen molar-refractivity contribution in [2.75, 3.05) is 68.7 Å². The molecule has 230 valence electrons. The zero-order valence-electron chi connectivity index (χ0n) is 21.5. The molecular weight excluding hydrogens is 534 g/mol. The summed E-state index contributed by atoms with van der Waals surface area (Å²) in [6.07, 6.45) is 1.41. The van der Waals surface area contributed by atoms with Gasteiger partial charge < -0.3 is 41.4 Å². The number of nitrogens with one attached hydrogen (secondary N) is 1. The van der Waals surface area contributed by atoms with Gasteiger partial charge in [-0.1, -0.05) is 22.3 Å². The van der Waals surface area contributed by atoms with Gasteiger partial charge in [0.25, 0.3) is 0 Å². The van der Waals surface area contributed by atoms with Crippen molar-refractivity contribution in [1.82, 2.24) is 24.9 Å². The molecule has 2 aliphatic rings. The van der Waals surface area contributed by atoms with Crippen molar-refractivity contribution in [3.8, 4) is 0 Å². The lowest BCUT2D eigenvalue weighted by atomic mass is 9.84. The Labute approximate surface area is 243 Å². The molecule has 2 saturated heterocycles. The van der Waals surface area contributed by atoms with Crippen LogP contribution in [-0.4, -0.2) is 106 Å². The molecule has 7 N–H and O–H groups in total. The summed E-state index contributed by atoms with van der Waals surface area (Å²) in [4.78, 5) is 33.3. The highest BCUT2D eigenvalue weighted by Crippen LogP contribution is 2.23. The molecule has 2 aromatic heterocycles. The predicted molar refractivity (Wildman–Crippen MR) is 167 cm³/mol. The first-order chi connectivity index (χ1) is 18.0. The van der Waals surface area contributed by atoms with E-state index in [4.69, 9.17) is 16.5 Å². The first-order valence-corrected chi connectivity index (χ1v) is 12.1. The largest absolute Gasteiger partial charge is 0.437 e. The molecule has 0 radical (unpaired) electrons. The van der Waals surface area contributed by atoms with Gasteiger partial charge in [0.05, 0.1) is 9.85 Å². The van der Waals surface area contributed by atoms with E-state index in [1.165, 1.54) is 24.4 Å². The number of nitrogens with zero attached hydrogens (tertiary/aromatic N) is 7. The van der Waals surface area contributed by atoms with Crippen LogP contribution in [0.4, 0.5) is 28.8 Å². The molecule has 2 fully saturated rings. The van der Waals surface area contributed by atoms with Gasteiger partial charge >= 0.3 is 25.5 Å². The average molecular weight is 580 g/mol. The van der Waals surface area contributed by atoms with Crippen LogP contribution in [0.3, 0.4) is 0 Å². The average Bonchev–Trinajstić information content (AvgIpc) is 2.90. The van der Waals surface area contributed by atoms with Crippen molar-refractivity contribution < 1.29 is 19.9 Å². The van der Waals surface area contributed by atoms with E-state index in [2.05, 4.69) is 20.1 Å². The normalized spacial score (nSPS) is 14.7. The summed E-state index contributed by atoms with van der Waals surface area (Å²) in [6, 6.07) is 5.75. The van der Waals surface area contributed by atoms with E-state index in [0.717, 1.165) is 39.3 Å². The highest BCUT2D eigenvalue weighted by molar-refractivity contribution is 6.45. The zero-order chi connectivity index (χ0) is 28.2. The standard InChI is InChI=1S/C10H16BN5O3.C5H13BN2O.C5H5N3O2.3CH4/c1-11(17)15-6-4-14(5-7-15)9-3-2-8(16(18)19)10(12)13-9;1-6(9)8-4-2-7-3-5-8;6-5-4(8(9)10)2-1-3-7-5;;;/h2-3,17H,4-7H2,1H3,(H2,12,13);7,9H,2-5H2,1H3;1-3H,(H2,6,7);3*1H4. The Bertz CT molecular complexity index is 1060. The number of rotatable bonds is 5. The van der Waals surface area contributed by atoms with Gasteiger partial charge in [-0.2, -0.15) is 0 Å². The number of nitrogens with two attached hydrogens (primary N) is 2. The molecule has 0 atom stereocenters. The molecular formula is C23H46B2N10O6. The molecule has 0 spiro atoms. The molecule has 2 aromatic rings. The summed E-state index contributed by atoms with van der Waals surface area (Å²) in [6.45, 7) is 10.3. The highest BCUT2D eigenvalue weighted by Gasteiger charge is 2.24. The molecule has 2 aliphatic heterocycles. The van der Waals surface area contributed by atoms with E-state index >= 15 is 0 Å². The van der Waals surface area contributed by atoms with Crippen molar-refractivity contribution in [2.24, 2.45) is 0 Å².